The average Bonchev–Trinajstić information content (AvgIpc) is 2.46. The van der Waals surface area contributed by atoms with Crippen LogP contribution < -0.4 is 4.43 Å². The van der Waals surface area contributed by atoms with Gasteiger partial charge in [0.2, 0.25) is 0 Å². The highest BCUT2D eigenvalue weighted by Gasteiger charge is 2.18. The topological polar surface area (TPSA) is 36.9 Å². The smallest absolute Gasteiger partial charge is 0.383 e. The van der Waals surface area contributed by atoms with Crippen molar-refractivity contribution in [2.45, 2.75) is 26.2 Å². The van der Waals surface area contributed by atoms with E-state index >= 15 is 0 Å². The standard InChI is InChI=1S/C14H23ClO4Si/c1-3-16-14(17-4-2)12-18-20(11-10-15)19-13-8-6-5-7-9-13/h5-9,14,20H,3-4,10-12H2,1-2H3. The molecule has 0 fully saturated rings. The van der Waals surface area contributed by atoms with Crippen LogP contribution in [-0.4, -0.2) is 41.3 Å². The van der Waals surface area contributed by atoms with Gasteiger partial charge < -0.3 is 18.3 Å². The summed E-state index contributed by atoms with van der Waals surface area (Å²) in [5.41, 5.74) is 0. The van der Waals surface area contributed by atoms with Crippen LogP contribution in [0.2, 0.25) is 6.04 Å². The van der Waals surface area contributed by atoms with Gasteiger partial charge in [-0.2, -0.15) is 0 Å². The Kier molecular flexibility index (Phi) is 9.70. The molecule has 1 unspecified atom stereocenters. The van der Waals surface area contributed by atoms with Gasteiger partial charge in [0.15, 0.2) is 6.29 Å². The quantitative estimate of drug-likeness (QED) is 0.357. The second kappa shape index (κ2) is 11.1. The van der Waals surface area contributed by atoms with Crippen molar-refractivity contribution >= 4 is 20.9 Å². The van der Waals surface area contributed by atoms with Gasteiger partial charge in [0.05, 0.1) is 6.61 Å². The third-order valence-electron chi connectivity index (χ3n) is 2.48. The first-order valence-corrected chi connectivity index (χ1v) is 9.22. The Morgan fingerprint density at radius 2 is 1.75 bits per heavy atom. The fourth-order valence-electron chi connectivity index (χ4n) is 1.62. The Bertz CT molecular complexity index is 333. The Morgan fingerprint density at radius 3 is 2.30 bits per heavy atom. The van der Waals surface area contributed by atoms with Crippen LogP contribution in [0.25, 0.3) is 0 Å². The number of rotatable bonds is 11. The molecule has 0 aliphatic rings. The first-order valence-electron chi connectivity index (χ1n) is 6.92. The van der Waals surface area contributed by atoms with E-state index in [0.29, 0.717) is 25.7 Å². The predicted molar refractivity (Wildman–Crippen MR) is 82.7 cm³/mol. The summed E-state index contributed by atoms with van der Waals surface area (Å²) in [6.07, 6.45) is -0.338. The summed E-state index contributed by atoms with van der Waals surface area (Å²) >= 11 is 5.81. The third-order valence-corrected chi connectivity index (χ3v) is 4.92. The molecule has 114 valence electrons. The van der Waals surface area contributed by atoms with Crippen molar-refractivity contribution in [2.75, 3.05) is 25.7 Å². The molecule has 0 aromatic heterocycles. The van der Waals surface area contributed by atoms with Crippen molar-refractivity contribution in [3.8, 4) is 5.75 Å². The largest absolute Gasteiger partial charge is 0.522 e. The lowest BCUT2D eigenvalue weighted by molar-refractivity contribution is -0.154. The van der Waals surface area contributed by atoms with Crippen LogP contribution >= 0.6 is 11.6 Å². The Balaban J connectivity index is 2.45. The van der Waals surface area contributed by atoms with Crippen molar-refractivity contribution in [3.05, 3.63) is 30.3 Å². The van der Waals surface area contributed by atoms with E-state index in [1.165, 1.54) is 0 Å². The van der Waals surface area contributed by atoms with E-state index in [1.807, 2.05) is 44.2 Å². The van der Waals surface area contributed by atoms with Gasteiger partial charge in [0.25, 0.3) is 0 Å². The fourth-order valence-corrected chi connectivity index (χ4v) is 3.52. The molecule has 0 radical (unpaired) electrons. The van der Waals surface area contributed by atoms with Crippen LogP contribution in [0.1, 0.15) is 13.8 Å². The number of hydrogen-bond donors (Lipinski definition) is 0. The van der Waals surface area contributed by atoms with Crippen molar-refractivity contribution in [2.24, 2.45) is 0 Å². The maximum absolute atomic E-state index is 5.88. The lowest BCUT2D eigenvalue weighted by Crippen LogP contribution is -2.33. The van der Waals surface area contributed by atoms with E-state index < -0.39 is 9.28 Å². The molecule has 0 saturated carbocycles. The number of alkyl halides is 1. The number of benzene rings is 1. The molecule has 1 rings (SSSR count). The molecule has 0 amide bonds. The highest BCUT2D eigenvalue weighted by molar-refractivity contribution is 6.46. The summed E-state index contributed by atoms with van der Waals surface area (Å²) in [6, 6.07) is 10.4. The lowest BCUT2D eigenvalue weighted by atomic mass is 10.3. The summed E-state index contributed by atoms with van der Waals surface area (Å²) in [6.45, 7) is 5.42. The summed E-state index contributed by atoms with van der Waals surface area (Å²) < 4.78 is 22.6. The molecule has 1 aromatic rings. The van der Waals surface area contributed by atoms with Gasteiger partial charge in [-0.1, -0.05) is 18.2 Å². The van der Waals surface area contributed by atoms with Crippen LogP contribution in [0.3, 0.4) is 0 Å². The molecule has 0 bridgehead atoms. The average molecular weight is 319 g/mol. The lowest BCUT2D eigenvalue weighted by Gasteiger charge is -2.21. The first kappa shape index (κ1) is 17.5. The maximum Gasteiger partial charge on any atom is 0.383 e. The van der Waals surface area contributed by atoms with Crippen LogP contribution in [0.15, 0.2) is 30.3 Å². The van der Waals surface area contributed by atoms with Crippen LogP contribution in [-0.2, 0) is 13.9 Å². The Hall–Kier alpha value is -0.593. The van der Waals surface area contributed by atoms with Gasteiger partial charge in [-0.05, 0) is 26.0 Å². The molecule has 0 N–H and O–H groups in total. The van der Waals surface area contributed by atoms with Gasteiger partial charge in [-0.25, -0.2) is 0 Å². The summed E-state index contributed by atoms with van der Waals surface area (Å²) in [5.74, 6) is 1.34. The molecule has 20 heavy (non-hydrogen) atoms. The van der Waals surface area contributed by atoms with Crippen molar-refractivity contribution in [1.82, 2.24) is 0 Å². The van der Waals surface area contributed by atoms with Crippen LogP contribution in [0.5, 0.6) is 5.75 Å². The summed E-state index contributed by atoms with van der Waals surface area (Å²) in [7, 11) is -1.86. The zero-order chi connectivity index (χ0) is 14.6. The highest BCUT2D eigenvalue weighted by Crippen LogP contribution is 2.12. The minimum absolute atomic E-state index is 0.338. The van der Waals surface area contributed by atoms with E-state index in [4.69, 9.17) is 29.9 Å². The SMILES string of the molecule is CCOC(CO[SiH](CCCl)Oc1ccccc1)OCC. The van der Waals surface area contributed by atoms with Gasteiger partial charge in [-0.3, -0.25) is 0 Å². The first-order chi connectivity index (χ1) is 9.80. The highest BCUT2D eigenvalue weighted by atomic mass is 35.5. The fraction of sp³-hybridized carbons (Fsp3) is 0.571. The second-order valence-corrected chi connectivity index (χ2v) is 6.40. The second-order valence-electron chi connectivity index (χ2n) is 4.01. The molecule has 1 aromatic carbocycles. The molecule has 6 heteroatoms. The Morgan fingerprint density at radius 1 is 1.10 bits per heavy atom. The molecule has 0 spiro atoms. The molecule has 0 aliphatic carbocycles. The summed E-state index contributed by atoms with van der Waals surface area (Å²) in [5, 5.41) is 0. The van der Waals surface area contributed by atoms with Crippen molar-refractivity contribution in [3.63, 3.8) is 0 Å². The van der Waals surface area contributed by atoms with E-state index in [-0.39, 0.29) is 6.29 Å². The molecule has 0 saturated heterocycles. The Labute approximate surface area is 127 Å². The van der Waals surface area contributed by atoms with Crippen molar-refractivity contribution in [1.29, 1.82) is 0 Å². The van der Waals surface area contributed by atoms with E-state index in [9.17, 15) is 0 Å². The normalized spacial score (nSPS) is 12.6. The van der Waals surface area contributed by atoms with Gasteiger partial charge in [0, 0.05) is 25.1 Å². The molecular weight excluding hydrogens is 296 g/mol. The minimum Gasteiger partial charge on any atom is -0.522 e. The minimum atomic E-state index is -1.86. The van der Waals surface area contributed by atoms with Gasteiger partial charge in [0.1, 0.15) is 5.75 Å². The zero-order valence-electron chi connectivity index (χ0n) is 12.1. The molecule has 1 atom stereocenters. The molecule has 0 aliphatic heterocycles. The third kappa shape index (κ3) is 7.26. The zero-order valence-corrected chi connectivity index (χ0v) is 14.0. The number of ether oxygens (including phenoxy) is 2. The van der Waals surface area contributed by atoms with Gasteiger partial charge in [-0.15, -0.1) is 11.6 Å². The maximum atomic E-state index is 5.88. The van der Waals surface area contributed by atoms with Gasteiger partial charge >= 0.3 is 9.28 Å². The number of halogens is 1. The predicted octanol–water partition coefficient (Wildman–Crippen LogP) is 2.94. The molecule has 0 heterocycles. The molecular formula is C14H23ClO4Si. The number of hydrogen-bond acceptors (Lipinski definition) is 4. The van der Waals surface area contributed by atoms with Crippen LogP contribution in [0.4, 0.5) is 0 Å². The van der Waals surface area contributed by atoms with E-state index in [2.05, 4.69) is 0 Å². The van der Waals surface area contributed by atoms with E-state index in [1.54, 1.807) is 0 Å². The monoisotopic (exact) mass is 318 g/mol. The molecule has 4 nitrogen and oxygen atoms in total. The van der Waals surface area contributed by atoms with Crippen molar-refractivity contribution < 1.29 is 18.3 Å². The number of para-hydroxylation sites is 1. The van der Waals surface area contributed by atoms with Crippen LogP contribution in [0, 0.1) is 0 Å². The van der Waals surface area contributed by atoms with E-state index in [0.717, 1.165) is 11.8 Å². The summed E-state index contributed by atoms with van der Waals surface area (Å²) in [4.78, 5) is 0.